The molecule has 0 spiro atoms. The van der Waals surface area contributed by atoms with Crippen LogP contribution in [0.5, 0.6) is 0 Å². The maximum absolute atomic E-state index is 11.5. The third kappa shape index (κ3) is 15.7. The van der Waals surface area contributed by atoms with Crippen molar-refractivity contribution in [3.05, 3.63) is 0 Å². The molecule has 0 aromatic rings. The van der Waals surface area contributed by atoms with Gasteiger partial charge < -0.3 is 24.8 Å². The quantitative estimate of drug-likeness (QED) is 0.393. The minimum Gasteiger partial charge on any atom is -0.379 e. The Morgan fingerprint density at radius 2 is 1.48 bits per heavy atom. The van der Waals surface area contributed by atoms with Crippen molar-refractivity contribution in [2.24, 2.45) is 5.92 Å². The van der Waals surface area contributed by atoms with E-state index in [9.17, 15) is 14.4 Å². The highest BCUT2D eigenvalue weighted by atomic mass is 16.5. The van der Waals surface area contributed by atoms with Gasteiger partial charge in [0.05, 0.1) is 33.0 Å². The Morgan fingerprint density at radius 1 is 0.880 bits per heavy atom. The number of hydrogen-bond donors (Lipinski definition) is 2. The van der Waals surface area contributed by atoms with E-state index in [2.05, 4.69) is 10.6 Å². The smallest absolute Gasteiger partial charge is 0.246 e. The first-order valence-corrected chi connectivity index (χ1v) is 8.76. The summed E-state index contributed by atoms with van der Waals surface area (Å²) >= 11 is 0. The largest absolute Gasteiger partial charge is 0.379 e. The average molecular weight is 364 g/mol. The molecule has 0 radical (unpaired) electrons. The predicted molar refractivity (Wildman–Crippen MR) is 97.5 cm³/mol. The molecule has 0 heterocycles. The van der Waals surface area contributed by atoms with Crippen molar-refractivity contribution in [1.29, 1.82) is 0 Å². The van der Waals surface area contributed by atoms with Crippen molar-refractivity contribution in [1.82, 2.24) is 10.6 Å². The lowest BCUT2D eigenvalue weighted by Gasteiger charge is -2.09. The van der Waals surface area contributed by atoms with Crippen molar-refractivity contribution in [3.63, 3.8) is 0 Å². The van der Waals surface area contributed by atoms with E-state index in [1.165, 1.54) is 0 Å². The molecule has 0 unspecified atom stereocenters. The average Bonchev–Trinajstić information content (AvgIpc) is 2.59. The van der Waals surface area contributed by atoms with E-state index in [0.29, 0.717) is 59.0 Å². The normalized spacial score (nSPS) is 10.7. The molecule has 25 heavy (non-hydrogen) atoms. The molecule has 0 saturated heterocycles. The van der Waals surface area contributed by atoms with Crippen molar-refractivity contribution in [2.75, 3.05) is 52.7 Å². The summed E-state index contributed by atoms with van der Waals surface area (Å²) in [7, 11) is 0. The van der Waals surface area contributed by atoms with Crippen LogP contribution in [0.25, 0.3) is 0 Å². The topological polar surface area (TPSA) is 103 Å². The lowest BCUT2D eigenvalue weighted by atomic mass is 10.2. The molecule has 0 atom stereocenters. The van der Waals surface area contributed by atoms with Crippen LogP contribution in [0.3, 0.4) is 0 Å². The second kappa shape index (κ2) is 16.0. The number of Topliss-reactive ketones (excluding diaryl/α,β-unsaturated/α-hetero) is 1. The van der Waals surface area contributed by atoms with E-state index in [1.807, 2.05) is 20.8 Å². The molecule has 8 heteroatoms. The molecule has 0 aromatic carbocycles. The highest BCUT2D eigenvalue weighted by Crippen LogP contribution is 1.90. The van der Waals surface area contributed by atoms with Crippen molar-refractivity contribution in [3.8, 4) is 0 Å². The zero-order chi connectivity index (χ0) is 18.9. The van der Waals surface area contributed by atoms with Crippen LogP contribution in [0.1, 0.15) is 36.5 Å². The second-order valence-electron chi connectivity index (χ2n) is 5.72. The Hall–Kier alpha value is -1.51. The minimum atomic E-state index is -0.229. The van der Waals surface area contributed by atoms with Gasteiger partial charge in [-0.25, -0.2) is 0 Å². The van der Waals surface area contributed by atoms with Crippen LogP contribution in [0.15, 0.2) is 0 Å². The number of amides is 2. The number of hydrogen-bond acceptors (Lipinski definition) is 6. The summed E-state index contributed by atoms with van der Waals surface area (Å²) in [5.41, 5.74) is 0. The number of carbonyl (C=O) groups is 3. The molecule has 0 aliphatic heterocycles. The Labute approximate surface area is 152 Å². The van der Waals surface area contributed by atoms with Gasteiger partial charge in [0.15, 0.2) is 0 Å². The van der Waals surface area contributed by atoms with Crippen LogP contribution < -0.4 is 10.6 Å². The number of nitrogens with one attached hydrogen (secondary N) is 2. The maximum Gasteiger partial charge on any atom is 0.246 e. The van der Waals surface area contributed by atoms with Gasteiger partial charge in [0.25, 0.3) is 0 Å². The molecule has 0 aromatic heterocycles. The Balaban J connectivity index is -0.00000288. The fourth-order valence-corrected chi connectivity index (χ4v) is 1.61. The lowest BCUT2D eigenvalue weighted by molar-refractivity contribution is -0.126. The van der Waals surface area contributed by atoms with Crippen molar-refractivity contribution in [2.45, 2.75) is 33.6 Å². The van der Waals surface area contributed by atoms with Crippen LogP contribution >= 0.6 is 0 Å². The van der Waals surface area contributed by atoms with Crippen LogP contribution in [-0.2, 0) is 28.6 Å². The van der Waals surface area contributed by atoms with Gasteiger partial charge >= 0.3 is 0 Å². The monoisotopic (exact) mass is 364 g/mol. The molecule has 0 rings (SSSR count). The van der Waals surface area contributed by atoms with Crippen molar-refractivity contribution >= 4 is 17.6 Å². The molecule has 8 nitrogen and oxygen atoms in total. The fourth-order valence-electron chi connectivity index (χ4n) is 1.61. The van der Waals surface area contributed by atoms with Crippen molar-refractivity contribution < 1.29 is 31.4 Å². The number of carbonyl (C=O) groups excluding carboxylic acids is 3. The first kappa shape index (κ1) is 23.5. The van der Waals surface area contributed by atoms with E-state index < -0.39 is 0 Å². The third-order valence-electron chi connectivity index (χ3n) is 3.16. The summed E-state index contributed by atoms with van der Waals surface area (Å²) in [5, 5.41) is 5.36. The SMILES string of the molecule is CCC(=O)CCOCCOCCNC(=O)COCCNC(=O)C(C)C.[HH].[HH]. The highest BCUT2D eigenvalue weighted by Gasteiger charge is 2.05. The van der Waals surface area contributed by atoms with Gasteiger partial charge in [0, 0.05) is 34.7 Å². The van der Waals surface area contributed by atoms with Gasteiger partial charge in [-0.05, 0) is 0 Å². The molecule has 2 amide bonds. The Morgan fingerprint density at radius 3 is 2.12 bits per heavy atom. The zero-order valence-corrected chi connectivity index (χ0v) is 15.6. The first-order valence-electron chi connectivity index (χ1n) is 8.76. The molecule has 0 fully saturated rings. The summed E-state index contributed by atoms with van der Waals surface area (Å²) in [5.74, 6) is -0.139. The predicted octanol–water partition coefficient (Wildman–Crippen LogP) is 0.786. The molecule has 0 bridgehead atoms. The fraction of sp³-hybridized carbons (Fsp3) is 0.824. The van der Waals surface area contributed by atoms with Gasteiger partial charge in [0.1, 0.15) is 12.4 Å². The van der Waals surface area contributed by atoms with Gasteiger partial charge in [-0.3, -0.25) is 14.4 Å². The van der Waals surface area contributed by atoms with Crippen LogP contribution in [-0.4, -0.2) is 70.3 Å². The van der Waals surface area contributed by atoms with E-state index in [4.69, 9.17) is 14.2 Å². The van der Waals surface area contributed by atoms with E-state index in [-0.39, 0.29) is 33.0 Å². The number of rotatable bonds is 16. The maximum atomic E-state index is 11.5. The summed E-state index contributed by atoms with van der Waals surface area (Å²) in [6.45, 7) is 8.11. The van der Waals surface area contributed by atoms with Gasteiger partial charge in [0.2, 0.25) is 11.8 Å². The van der Waals surface area contributed by atoms with Gasteiger partial charge in [-0.1, -0.05) is 20.8 Å². The van der Waals surface area contributed by atoms with Gasteiger partial charge in [-0.2, -0.15) is 0 Å². The summed E-state index contributed by atoms with van der Waals surface area (Å²) in [6, 6.07) is 0. The van der Waals surface area contributed by atoms with E-state index in [1.54, 1.807) is 0 Å². The molecule has 150 valence electrons. The number of ether oxygens (including phenoxy) is 3. The second-order valence-corrected chi connectivity index (χ2v) is 5.72. The minimum absolute atomic E-state index is 0. The van der Waals surface area contributed by atoms with Crippen LogP contribution in [0.4, 0.5) is 0 Å². The Kier molecular flexibility index (Phi) is 15.0. The van der Waals surface area contributed by atoms with Gasteiger partial charge in [-0.15, -0.1) is 0 Å². The molecule has 0 aliphatic rings. The van der Waals surface area contributed by atoms with Crippen LogP contribution in [0, 0.1) is 5.92 Å². The summed E-state index contributed by atoms with van der Waals surface area (Å²) in [4.78, 5) is 33.8. The molecular weight excluding hydrogens is 328 g/mol. The summed E-state index contributed by atoms with van der Waals surface area (Å²) in [6.07, 6.45) is 0.976. The molecule has 0 aliphatic carbocycles. The number of ketones is 1. The Bertz CT molecular complexity index is 398. The zero-order valence-electron chi connectivity index (χ0n) is 15.6. The highest BCUT2D eigenvalue weighted by molar-refractivity contribution is 5.78. The molecule has 2 N–H and O–H groups in total. The third-order valence-corrected chi connectivity index (χ3v) is 3.16. The van der Waals surface area contributed by atoms with E-state index >= 15 is 0 Å². The first-order chi connectivity index (χ1) is 12.0. The standard InChI is InChI=1S/C17H32N2O6.2H2/c1-4-15(20)5-8-23-11-12-24-9-6-18-16(21)13-25-10-7-19-17(22)14(2)3;;/h14H,4-13H2,1-3H3,(H,18,21)(H,19,22);2*1H. The lowest BCUT2D eigenvalue weighted by Crippen LogP contribution is -2.33. The van der Waals surface area contributed by atoms with E-state index in [0.717, 1.165) is 0 Å². The summed E-state index contributed by atoms with van der Waals surface area (Å²) < 4.78 is 15.7. The molecule has 0 saturated carbocycles. The van der Waals surface area contributed by atoms with Crippen LogP contribution in [0.2, 0.25) is 0 Å². The molecular formula is C17H36N2O6.